The first-order valence-corrected chi connectivity index (χ1v) is 5.89. The fourth-order valence-electron chi connectivity index (χ4n) is 1.42. The Labute approximate surface area is 107 Å². The Morgan fingerprint density at radius 2 is 1.94 bits per heavy atom. The van der Waals surface area contributed by atoms with Crippen LogP contribution in [-0.2, 0) is 6.54 Å². The Kier molecular flexibility index (Phi) is 5.61. The normalized spacial score (nSPS) is 12.3. The molecular formula is C13H20N2O3. The largest absolute Gasteiger partial charge is 0.368 e. The summed E-state index contributed by atoms with van der Waals surface area (Å²) in [7, 11) is 1.70. The van der Waals surface area contributed by atoms with Crippen LogP contribution in [0.3, 0.4) is 0 Å². The Bertz CT molecular complexity index is 368. The van der Waals surface area contributed by atoms with Gasteiger partial charge >= 0.3 is 6.03 Å². The number of nitrogens with zero attached hydrogens (tertiary/aromatic N) is 1. The van der Waals surface area contributed by atoms with Crippen molar-refractivity contribution >= 4 is 6.03 Å². The van der Waals surface area contributed by atoms with E-state index >= 15 is 0 Å². The number of urea groups is 1. The van der Waals surface area contributed by atoms with Gasteiger partial charge in [0.25, 0.3) is 0 Å². The highest BCUT2D eigenvalue weighted by Crippen LogP contribution is 2.03. The van der Waals surface area contributed by atoms with Gasteiger partial charge in [0.2, 0.25) is 0 Å². The van der Waals surface area contributed by atoms with Crippen LogP contribution < -0.4 is 5.32 Å². The van der Waals surface area contributed by atoms with E-state index in [1.165, 1.54) is 0 Å². The summed E-state index contributed by atoms with van der Waals surface area (Å²) in [6, 6.07) is 9.43. The van der Waals surface area contributed by atoms with Crippen LogP contribution in [0.2, 0.25) is 0 Å². The van der Waals surface area contributed by atoms with Crippen molar-refractivity contribution in [3.05, 3.63) is 35.9 Å². The zero-order valence-corrected chi connectivity index (χ0v) is 10.7. The second kappa shape index (κ2) is 6.98. The van der Waals surface area contributed by atoms with Gasteiger partial charge in [0, 0.05) is 26.1 Å². The van der Waals surface area contributed by atoms with Crippen LogP contribution in [0.1, 0.15) is 12.5 Å². The summed E-state index contributed by atoms with van der Waals surface area (Å²) in [5.74, 6) is -0.390. The molecule has 0 bridgehead atoms. The Balaban J connectivity index is 2.38. The number of benzene rings is 1. The Hall–Kier alpha value is -1.59. The van der Waals surface area contributed by atoms with Crippen LogP contribution in [0.25, 0.3) is 0 Å². The van der Waals surface area contributed by atoms with E-state index in [1.54, 1.807) is 18.9 Å². The van der Waals surface area contributed by atoms with Gasteiger partial charge in [-0.05, 0) is 5.56 Å². The summed E-state index contributed by atoms with van der Waals surface area (Å²) >= 11 is 0. The van der Waals surface area contributed by atoms with Crippen molar-refractivity contribution < 1.29 is 15.0 Å². The predicted octanol–water partition coefficient (Wildman–Crippen LogP) is 0.775. The van der Waals surface area contributed by atoms with Crippen molar-refractivity contribution in [2.45, 2.75) is 19.8 Å². The minimum atomic E-state index is -1.41. The molecule has 0 aromatic heterocycles. The number of hydrogen-bond acceptors (Lipinski definition) is 3. The van der Waals surface area contributed by atoms with Gasteiger partial charge in [0.05, 0.1) is 0 Å². The summed E-state index contributed by atoms with van der Waals surface area (Å²) in [5, 5.41) is 20.4. The molecule has 0 aliphatic carbocycles. The maximum atomic E-state index is 11.7. The molecule has 0 unspecified atom stereocenters. The van der Waals surface area contributed by atoms with Gasteiger partial charge in [-0.1, -0.05) is 37.3 Å². The van der Waals surface area contributed by atoms with Crippen molar-refractivity contribution in [1.29, 1.82) is 0 Å². The molecule has 1 aromatic rings. The molecule has 2 amide bonds. The average molecular weight is 252 g/mol. The summed E-state index contributed by atoms with van der Waals surface area (Å²) in [6.45, 7) is 2.40. The summed E-state index contributed by atoms with van der Waals surface area (Å²) < 4.78 is 0. The van der Waals surface area contributed by atoms with E-state index < -0.39 is 6.29 Å². The minimum Gasteiger partial charge on any atom is -0.368 e. The summed E-state index contributed by atoms with van der Waals surface area (Å²) in [5.41, 5.74) is 1.05. The van der Waals surface area contributed by atoms with Crippen LogP contribution >= 0.6 is 0 Å². The quantitative estimate of drug-likeness (QED) is 0.678. The highest BCUT2D eigenvalue weighted by atomic mass is 16.5. The maximum Gasteiger partial charge on any atom is 0.317 e. The molecule has 0 saturated heterocycles. The van der Waals surface area contributed by atoms with E-state index in [1.807, 2.05) is 30.3 Å². The van der Waals surface area contributed by atoms with Crippen molar-refractivity contribution in [2.75, 3.05) is 13.6 Å². The lowest BCUT2D eigenvalue weighted by molar-refractivity contribution is -0.0769. The zero-order valence-electron chi connectivity index (χ0n) is 10.7. The first kappa shape index (κ1) is 14.5. The molecule has 0 spiro atoms. The molecule has 0 saturated carbocycles. The monoisotopic (exact) mass is 252 g/mol. The third kappa shape index (κ3) is 4.73. The number of amides is 2. The van der Waals surface area contributed by atoms with Gasteiger partial charge in [-0.2, -0.15) is 0 Å². The van der Waals surface area contributed by atoms with Crippen molar-refractivity contribution in [1.82, 2.24) is 10.2 Å². The minimum absolute atomic E-state index is 0.230. The Morgan fingerprint density at radius 3 is 2.50 bits per heavy atom. The average Bonchev–Trinajstić information content (AvgIpc) is 2.36. The predicted molar refractivity (Wildman–Crippen MR) is 68.7 cm³/mol. The molecule has 100 valence electrons. The number of carbonyl (C=O) groups is 1. The van der Waals surface area contributed by atoms with E-state index in [0.717, 1.165) is 5.56 Å². The lowest BCUT2D eigenvalue weighted by Gasteiger charge is -2.20. The SMILES string of the molecule is C[C@@H](CNC(=O)N(C)Cc1ccccc1)C(O)O. The first-order chi connectivity index (χ1) is 8.50. The molecule has 1 aromatic carbocycles. The third-order valence-electron chi connectivity index (χ3n) is 2.69. The number of aliphatic hydroxyl groups excluding tert-OH is 1. The molecule has 0 radical (unpaired) electrons. The highest BCUT2D eigenvalue weighted by molar-refractivity contribution is 5.73. The van der Waals surface area contributed by atoms with Crippen molar-refractivity contribution in [3.8, 4) is 0 Å². The second-order valence-corrected chi connectivity index (χ2v) is 4.42. The molecule has 0 aliphatic rings. The molecule has 3 N–H and O–H groups in total. The molecule has 0 fully saturated rings. The van der Waals surface area contributed by atoms with Gasteiger partial charge in [0.1, 0.15) is 0 Å². The van der Waals surface area contributed by atoms with Gasteiger partial charge in [-0.25, -0.2) is 4.79 Å². The number of aliphatic hydroxyl groups is 2. The molecule has 1 rings (SSSR count). The molecule has 0 aliphatic heterocycles. The molecule has 0 heterocycles. The van der Waals surface area contributed by atoms with Crippen molar-refractivity contribution in [3.63, 3.8) is 0 Å². The van der Waals surface area contributed by atoms with E-state index in [4.69, 9.17) is 10.2 Å². The van der Waals surface area contributed by atoms with Crippen LogP contribution in [0.5, 0.6) is 0 Å². The van der Waals surface area contributed by atoms with Gasteiger partial charge in [-0.15, -0.1) is 0 Å². The Morgan fingerprint density at radius 1 is 1.33 bits per heavy atom. The smallest absolute Gasteiger partial charge is 0.317 e. The third-order valence-corrected chi connectivity index (χ3v) is 2.69. The van der Waals surface area contributed by atoms with E-state index in [2.05, 4.69) is 5.32 Å². The molecular weight excluding hydrogens is 232 g/mol. The molecule has 1 atom stereocenters. The molecule has 5 heteroatoms. The lowest BCUT2D eigenvalue weighted by Crippen LogP contribution is -2.40. The van der Waals surface area contributed by atoms with E-state index in [-0.39, 0.29) is 18.5 Å². The zero-order chi connectivity index (χ0) is 13.5. The highest BCUT2D eigenvalue weighted by Gasteiger charge is 2.14. The van der Waals surface area contributed by atoms with Gasteiger partial charge in [-0.3, -0.25) is 0 Å². The van der Waals surface area contributed by atoms with Gasteiger partial charge < -0.3 is 20.4 Å². The summed E-state index contributed by atoms with van der Waals surface area (Å²) in [6.07, 6.45) is -1.41. The number of carbonyl (C=O) groups excluding carboxylic acids is 1. The second-order valence-electron chi connectivity index (χ2n) is 4.42. The summed E-state index contributed by atoms with van der Waals surface area (Å²) in [4.78, 5) is 13.3. The lowest BCUT2D eigenvalue weighted by atomic mass is 10.2. The van der Waals surface area contributed by atoms with E-state index in [9.17, 15) is 4.79 Å². The standard InChI is InChI=1S/C13H20N2O3/c1-10(12(16)17)8-14-13(18)15(2)9-11-6-4-3-5-7-11/h3-7,10,12,16-17H,8-9H2,1-2H3,(H,14,18)/t10-/m0/s1. The number of nitrogens with one attached hydrogen (secondary N) is 1. The fraction of sp³-hybridized carbons (Fsp3) is 0.462. The van der Waals surface area contributed by atoms with Crippen LogP contribution in [0.15, 0.2) is 30.3 Å². The number of rotatable bonds is 5. The van der Waals surface area contributed by atoms with Gasteiger partial charge in [0.15, 0.2) is 6.29 Å². The van der Waals surface area contributed by atoms with E-state index in [0.29, 0.717) is 6.54 Å². The molecule has 5 nitrogen and oxygen atoms in total. The van der Waals surface area contributed by atoms with Crippen LogP contribution in [-0.4, -0.2) is 41.0 Å². The first-order valence-electron chi connectivity index (χ1n) is 5.89. The topological polar surface area (TPSA) is 72.8 Å². The van der Waals surface area contributed by atoms with Crippen LogP contribution in [0, 0.1) is 5.92 Å². The number of hydrogen-bond donors (Lipinski definition) is 3. The van der Waals surface area contributed by atoms with Crippen LogP contribution in [0.4, 0.5) is 4.79 Å². The fourth-order valence-corrected chi connectivity index (χ4v) is 1.42. The maximum absolute atomic E-state index is 11.7. The van der Waals surface area contributed by atoms with Crippen molar-refractivity contribution in [2.24, 2.45) is 5.92 Å². The molecule has 18 heavy (non-hydrogen) atoms.